The van der Waals surface area contributed by atoms with E-state index in [1.807, 2.05) is 36.5 Å². The number of hydrogen-bond donors (Lipinski definition) is 0. The summed E-state index contributed by atoms with van der Waals surface area (Å²) in [5.74, 6) is 0. The van der Waals surface area contributed by atoms with Gasteiger partial charge in [0.15, 0.2) is 0 Å². The Bertz CT molecular complexity index is 730. The maximum Gasteiger partial charge on any atom is 0.253 e. The van der Waals surface area contributed by atoms with Crippen molar-refractivity contribution >= 4 is 0 Å². The monoisotopic (exact) mass is 252 g/mol. The van der Waals surface area contributed by atoms with Crippen LogP contribution in [0, 0.1) is 0 Å². The molecular formula is C14H12N4O. The van der Waals surface area contributed by atoms with Crippen molar-refractivity contribution in [3.63, 3.8) is 0 Å². The van der Waals surface area contributed by atoms with E-state index >= 15 is 0 Å². The van der Waals surface area contributed by atoms with Gasteiger partial charge in [-0.15, -0.1) is 0 Å². The first kappa shape index (κ1) is 11.4. The summed E-state index contributed by atoms with van der Waals surface area (Å²) < 4.78 is 3.34. The highest BCUT2D eigenvalue weighted by Gasteiger charge is 2.02. The van der Waals surface area contributed by atoms with E-state index in [2.05, 4.69) is 10.1 Å². The van der Waals surface area contributed by atoms with Crippen LogP contribution >= 0.6 is 0 Å². The number of benzene rings is 1. The van der Waals surface area contributed by atoms with Crippen molar-refractivity contribution < 1.29 is 0 Å². The summed E-state index contributed by atoms with van der Waals surface area (Å²) in [5.41, 5.74) is 1.88. The lowest BCUT2D eigenvalue weighted by Crippen LogP contribution is -2.18. The number of para-hydroxylation sites is 1. The molecule has 0 saturated carbocycles. The van der Waals surface area contributed by atoms with Gasteiger partial charge in [0.25, 0.3) is 5.56 Å². The topological polar surface area (TPSA) is 52.7 Å². The van der Waals surface area contributed by atoms with Gasteiger partial charge in [0.1, 0.15) is 0 Å². The summed E-state index contributed by atoms with van der Waals surface area (Å²) in [6, 6.07) is 11.3. The van der Waals surface area contributed by atoms with E-state index in [1.54, 1.807) is 15.4 Å². The van der Waals surface area contributed by atoms with E-state index in [9.17, 15) is 4.79 Å². The van der Waals surface area contributed by atoms with E-state index in [4.69, 9.17) is 0 Å². The summed E-state index contributed by atoms with van der Waals surface area (Å²) in [4.78, 5) is 15.5. The zero-order valence-electron chi connectivity index (χ0n) is 10.2. The average molecular weight is 252 g/mol. The summed E-state index contributed by atoms with van der Waals surface area (Å²) in [6.45, 7) is 0.472. The first-order valence-electron chi connectivity index (χ1n) is 5.92. The molecule has 5 heteroatoms. The molecule has 0 amide bonds. The Balaban J connectivity index is 1.87. The van der Waals surface area contributed by atoms with E-state index in [1.165, 1.54) is 18.6 Å². The van der Waals surface area contributed by atoms with E-state index in [0.717, 1.165) is 11.3 Å². The highest BCUT2D eigenvalue weighted by atomic mass is 16.1. The SMILES string of the molecule is O=c1ccncn1Cc1cnn(-c2ccccc2)c1. The molecule has 1 aromatic carbocycles. The van der Waals surface area contributed by atoms with Crippen LogP contribution in [0.25, 0.3) is 5.69 Å². The molecule has 94 valence electrons. The Kier molecular flexibility index (Phi) is 2.94. The fourth-order valence-corrected chi connectivity index (χ4v) is 1.86. The Labute approximate surface area is 109 Å². The van der Waals surface area contributed by atoms with Crippen molar-refractivity contribution in [1.82, 2.24) is 19.3 Å². The third kappa shape index (κ3) is 2.44. The predicted octanol–water partition coefficient (Wildman–Crippen LogP) is 1.48. The number of nitrogens with zero attached hydrogens (tertiary/aromatic N) is 4. The highest BCUT2D eigenvalue weighted by Crippen LogP contribution is 2.08. The molecule has 0 aliphatic carbocycles. The van der Waals surface area contributed by atoms with Crippen molar-refractivity contribution in [1.29, 1.82) is 0 Å². The van der Waals surface area contributed by atoms with Gasteiger partial charge in [0.2, 0.25) is 0 Å². The molecule has 2 heterocycles. The van der Waals surface area contributed by atoms with Gasteiger partial charge in [-0.1, -0.05) is 18.2 Å². The molecule has 0 unspecified atom stereocenters. The first-order valence-corrected chi connectivity index (χ1v) is 5.92. The minimum atomic E-state index is -0.0672. The minimum absolute atomic E-state index is 0.0672. The average Bonchev–Trinajstić information content (AvgIpc) is 2.91. The molecule has 0 N–H and O–H groups in total. The van der Waals surface area contributed by atoms with Gasteiger partial charge in [-0.25, -0.2) is 9.67 Å². The summed E-state index contributed by atoms with van der Waals surface area (Å²) in [6.07, 6.45) is 6.69. The molecule has 2 aromatic heterocycles. The lowest BCUT2D eigenvalue weighted by Gasteiger charge is -2.01. The predicted molar refractivity (Wildman–Crippen MR) is 71.2 cm³/mol. The fraction of sp³-hybridized carbons (Fsp3) is 0.0714. The van der Waals surface area contributed by atoms with Crippen molar-refractivity contribution in [3.05, 3.63) is 77.2 Å². The van der Waals surface area contributed by atoms with Crippen LogP contribution in [0.4, 0.5) is 0 Å². The lowest BCUT2D eigenvalue weighted by atomic mass is 10.3. The molecule has 5 nitrogen and oxygen atoms in total. The number of rotatable bonds is 3. The number of aromatic nitrogens is 4. The number of hydrogen-bond acceptors (Lipinski definition) is 3. The zero-order chi connectivity index (χ0) is 13.1. The zero-order valence-corrected chi connectivity index (χ0v) is 10.2. The van der Waals surface area contributed by atoms with Gasteiger partial charge in [-0.05, 0) is 12.1 Å². The second-order valence-corrected chi connectivity index (χ2v) is 4.18. The van der Waals surface area contributed by atoms with Crippen LogP contribution in [-0.4, -0.2) is 19.3 Å². The lowest BCUT2D eigenvalue weighted by molar-refractivity contribution is 0.735. The molecule has 19 heavy (non-hydrogen) atoms. The van der Waals surface area contributed by atoms with Crippen molar-refractivity contribution in [2.75, 3.05) is 0 Å². The Morgan fingerprint density at radius 2 is 1.95 bits per heavy atom. The molecule has 0 atom stereocenters. The highest BCUT2D eigenvalue weighted by molar-refractivity contribution is 5.30. The Morgan fingerprint density at radius 3 is 2.74 bits per heavy atom. The Morgan fingerprint density at radius 1 is 1.11 bits per heavy atom. The van der Waals surface area contributed by atoms with Crippen molar-refractivity contribution in [2.45, 2.75) is 6.54 Å². The second-order valence-electron chi connectivity index (χ2n) is 4.18. The van der Waals surface area contributed by atoms with Crippen LogP contribution in [0.1, 0.15) is 5.56 Å². The van der Waals surface area contributed by atoms with Gasteiger partial charge < -0.3 is 0 Å². The maximum absolute atomic E-state index is 11.6. The van der Waals surface area contributed by atoms with E-state index < -0.39 is 0 Å². The maximum atomic E-state index is 11.6. The van der Waals surface area contributed by atoms with Gasteiger partial charge in [-0.2, -0.15) is 5.10 Å². The van der Waals surface area contributed by atoms with Crippen molar-refractivity contribution in [2.24, 2.45) is 0 Å². The fourth-order valence-electron chi connectivity index (χ4n) is 1.86. The third-order valence-electron chi connectivity index (χ3n) is 2.80. The first-order chi connectivity index (χ1) is 9.33. The quantitative estimate of drug-likeness (QED) is 0.709. The summed E-state index contributed by atoms with van der Waals surface area (Å²) in [7, 11) is 0. The van der Waals surface area contributed by atoms with E-state index in [0.29, 0.717) is 6.54 Å². The van der Waals surface area contributed by atoms with Gasteiger partial charge >= 0.3 is 0 Å². The second kappa shape index (κ2) is 4.89. The van der Waals surface area contributed by atoms with Crippen LogP contribution in [0.15, 0.2) is 66.1 Å². The van der Waals surface area contributed by atoms with Crippen LogP contribution in [0.3, 0.4) is 0 Å². The van der Waals surface area contributed by atoms with Gasteiger partial charge in [-0.3, -0.25) is 9.36 Å². The van der Waals surface area contributed by atoms with Gasteiger partial charge in [0, 0.05) is 24.0 Å². The van der Waals surface area contributed by atoms with E-state index in [-0.39, 0.29) is 5.56 Å². The molecule has 0 spiro atoms. The molecule has 0 bridgehead atoms. The largest absolute Gasteiger partial charge is 0.295 e. The van der Waals surface area contributed by atoms with Crippen LogP contribution in [-0.2, 0) is 6.54 Å². The molecule has 0 fully saturated rings. The smallest absolute Gasteiger partial charge is 0.253 e. The van der Waals surface area contributed by atoms with Crippen molar-refractivity contribution in [3.8, 4) is 5.69 Å². The van der Waals surface area contributed by atoms with Gasteiger partial charge in [0.05, 0.1) is 24.8 Å². The van der Waals surface area contributed by atoms with Crippen LogP contribution in [0.2, 0.25) is 0 Å². The summed E-state index contributed by atoms with van der Waals surface area (Å²) in [5, 5.41) is 4.29. The summed E-state index contributed by atoms with van der Waals surface area (Å²) >= 11 is 0. The minimum Gasteiger partial charge on any atom is -0.295 e. The molecular weight excluding hydrogens is 240 g/mol. The Hall–Kier alpha value is -2.69. The standard InChI is InChI=1S/C14H12N4O/c19-14-6-7-15-11-17(14)9-12-8-16-18(10-12)13-4-2-1-3-5-13/h1-8,10-11H,9H2. The van der Waals surface area contributed by atoms with Crippen LogP contribution in [0.5, 0.6) is 0 Å². The molecule has 3 aromatic rings. The molecule has 0 aliphatic rings. The molecule has 0 aliphatic heterocycles. The third-order valence-corrected chi connectivity index (χ3v) is 2.80. The van der Waals surface area contributed by atoms with Crippen LogP contribution < -0.4 is 5.56 Å². The molecule has 3 rings (SSSR count). The normalized spacial score (nSPS) is 10.5. The molecule has 0 saturated heterocycles. The molecule has 0 radical (unpaired) electrons.